The molecule has 1 fully saturated rings. The number of hydrogen-bond acceptors (Lipinski definition) is 7. The zero-order chi connectivity index (χ0) is 21.8. The van der Waals surface area contributed by atoms with Crippen LogP contribution in [0.3, 0.4) is 0 Å². The molecule has 1 saturated heterocycles. The van der Waals surface area contributed by atoms with Crippen molar-refractivity contribution in [3.05, 3.63) is 59.1 Å². The van der Waals surface area contributed by atoms with E-state index >= 15 is 0 Å². The Balaban J connectivity index is 1.49. The molecule has 3 N–H and O–H groups in total. The van der Waals surface area contributed by atoms with Crippen molar-refractivity contribution in [1.82, 2.24) is 14.9 Å². The molecule has 0 bridgehead atoms. The molecule has 2 aromatic heterocycles. The Labute approximate surface area is 185 Å². The SMILES string of the molecule is CC(O)c1cccc(Nc2nccc(-c3ccc(C(=O)N4CCCC(CO)C4)s3)n2)c1. The Morgan fingerprint density at radius 3 is 3.00 bits per heavy atom. The topological polar surface area (TPSA) is 98.6 Å². The second-order valence-electron chi connectivity index (χ2n) is 7.80. The Kier molecular flexibility index (Phi) is 6.60. The van der Waals surface area contributed by atoms with Crippen LogP contribution in [0.1, 0.15) is 41.1 Å². The lowest BCUT2D eigenvalue weighted by Gasteiger charge is -2.31. The minimum absolute atomic E-state index is 0.0109. The number of piperidine rings is 1. The summed E-state index contributed by atoms with van der Waals surface area (Å²) in [6.45, 7) is 3.18. The van der Waals surface area contributed by atoms with Gasteiger partial charge in [-0.2, -0.15) is 0 Å². The van der Waals surface area contributed by atoms with Gasteiger partial charge >= 0.3 is 0 Å². The van der Waals surface area contributed by atoms with Crippen LogP contribution in [-0.4, -0.2) is 50.7 Å². The van der Waals surface area contributed by atoms with Crippen molar-refractivity contribution in [3.63, 3.8) is 0 Å². The van der Waals surface area contributed by atoms with E-state index in [-0.39, 0.29) is 18.4 Å². The van der Waals surface area contributed by atoms with Gasteiger partial charge in [-0.1, -0.05) is 12.1 Å². The van der Waals surface area contributed by atoms with Crippen LogP contribution in [0.5, 0.6) is 0 Å². The van der Waals surface area contributed by atoms with Crippen LogP contribution < -0.4 is 5.32 Å². The summed E-state index contributed by atoms with van der Waals surface area (Å²) in [5.74, 6) is 0.625. The molecule has 2 unspecified atom stereocenters. The normalized spacial score (nSPS) is 17.4. The van der Waals surface area contributed by atoms with Crippen molar-refractivity contribution in [2.75, 3.05) is 25.0 Å². The van der Waals surface area contributed by atoms with Gasteiger partial charge in [0, 0.05) is 31.6 Å². The first kappa shape index (κ1) is 21.4. The molecule has 4 rings (SSSR count). The number of nitrogens with one attached hydrogen (secondary N) is 1. The highest BCUT2D eigenvalue weighted by molar-refractivity contribution is 7.17. The number of aliphatic hydroxyl groups excluding tert-OH is 2. The molecule has 0 radical (unpaired) electrons. The predicted octanol–water partition coefficient (Wildman–Crippen LogP) is 3.85. The number of aliphatic hydroxyl groups is 2. The van der Waals surface area contributed by atoms with Gasteiger partial charge < -0.3 is 20.4 Å². The van der Waals surface area contributed by atoms with E-state index in [1.54, 1.807) is 13.1 Å². The molecule has 2 atom stereocenters. The van der Waals surface area contributed by atoms with Gasteiger partial charge in [0.15, 0.2) is 0 Å². The molecule has 0 spiro atoms. The molecular formula is C23H26N4O3S. The van der Waals surface area contributed by atoms with Gasteiger partial charge in [-0.05, 0) is 61.6 Å². The number of hydrogen-bond donors (Lipinski definition) is 3. The minimum Gasteiger partial charge on any atom is -0.396 e. The maximum atomic E-state index is 12.9. The molecule has 8 heteroatoms. The minimum atomic E-state index is -0.552. The first-order chi connectivity index (χ1) is 15.0. The highest BCUT2D eigenvalue weighted by Crippen LogP contribution is 2.29. The zero-order valence-corrected chi connectivity index (χ0v) is 18.2. The van der Waals surface area contributed by atoms with Crippen molar-refractivity contribution in [1.29, 1.82) is 0 Å². The first-order valence-corrected chi connectivity index (χ1v) is 11.2. The smallest absolute Gasteiger partial charge is 0.263 e. The Morgan fingerprint density at radius 1 is 1.32 bits per heavy atom. The lowest BCUT2D eigenvalue weighted by atomic mass is 9.99. The van der Waals surface area contributed by atoms with E-state index in [4.69, 9.17) is 0 Å². The molecular weight excluding hydrogens is 412 g/mol. The standard InChI is InChI=1S/C23H26N4O3S/c1-15(29)17-5-2-6-18(12-17)25-23-24-10-9-19(26-23)20-7-8-21(31-20)22(30)27-11-3-4-16(13-27)14-28/h2,5-10,12,15-16,28-29H,3-4,11,13-14H2,1H3,(H,24,25,26). The van der Waals surface area contributed by atoms with E-state index in [0.717, 1.165) is 41.2 Å². The van der Waals surface area contributed by atoms with Gasteiger partial charge in [0.2, 0.25) is 5.95 Å². The van der Waals surface area contributed by atoms with E-state index in [2.05, 4.69) is 15.3 Å². The van der Waals surface area contributed by atoms with Gasteiger partial charge in [0.1, 0.15) is 0 Å². The van der Waals surface area contributed by atoms with Gasteiger partial charge in [-0.25, -0.2) is 9.97 Å². The van der Waals surface area contributed by atoms with Crippen LogP contribution >= 0.6 is 11.3 Å². The monoisotopic (exact) mass is 438 g/mol. The molecule has 7 nitrogen and oxygen atoms in total. The fraction of sp³-hybridized carbons (Fsp3) is 0.348. The number of rotatable bonds is 6. The Hall–Kier alpha value is -2.81. The number of carbonyl (C=O) groups is 1. The highest BCUT2D eigenvalue weighted by Gasteiger charge is 2.25. The Bertz CT molecular complexity index is 1050. The van der Waals surface area contributed by atoms with Gasteiger partial charge in [-0.15, -0.1) is 11.3 Å². The molecule has 0 saturated carbocycles. The van der Waals surface area contributed by atoms with Crippen LogP contribution in [0.4, 0.5) is 11.6 Å². The molecule has 31 heavy (non-hydrogen) atoms. The number of benzene rings is 1. The summed E-state index contributed by atoms with van der Waals surface area (Å²) in [5, 5.41) is 22.4. The third-order valence-electron chi connectivity index (χ3n) is 5.41. The molecule has 1 amide bonds. The van der Waals surface area contributed by atoms with E-state index in [1.165, 1.54) is 11.3 Å². The first-order valence-electron chi connectivity index (χ1n) is 10.4. The lowest BCUT2D eigenvalue weighted by molar-refractivity contribution is 0.0625. The number of thiophene rings is 1. The predicted molar refractivity (Wildman–Crippen MR) is 121 cm³/mol. The molecule has 1 aliphatic rings. The van der Waals surface area contributed by atoms with E-state index in [1.807, 2.05) is 47.4 Å². The van der Waals surface area contributed by atoms with E-state index < -0.39 is 6.10 Å². The number of amides is 1. The number of aromatic nitrogens is 2. The zero-order valence-electron chi connectivity index (χ0n) is 17.4. The van der Waals surface area contributed by atoms with Crippen LogP contribution in [-0.2, 0) is 0 Å². The average molecular weight is 439 g/mol. The van der Waals surface area contributed by atoms with Gasteiger partial charge in [-0.3, -0.25) is 4.79 Å². The summed E-state index contributed by atoms with van der Waals surface area (Å²) < 4.78 is 0. The third-order valence-corrected chi connectivity index (χ3v) is 6.51. The quantitative estimate of drug-likeness (QED) is 0.541. The highest BCUT2D eigenvalue weighted by atomic mass is 32.1. The lowest BCUT2D eigenvalue weighted by Crippen LogP contribution is -2.40. The largest absolute Gasteiger partial charge is 0.396 e. The van der Waals surface area contributed by atoms with E-state index in [0.29, 0.717) is 17.4 Å². The summed E-state index contributed by atoms with van der Waals surface area (Å²) in [7, 11) is 0. The van der Waals surface area contributed by atoms with Crippen LogP contribution in [0.2, 0.25) is 0 Å². The number of nitrogens with zero attached hydrogens (tertiary/aromatic N) is 3. The van der Waals surface area contributed by atoms with Crippen molar-refractivity contribution < 1.29 is 15.0 Å². The summed E-state index contributed by atoms with van der Waals surface area (Å²) in [5.41, 5.74) is 2.34. The fourth-order valence-electron chi connectivity index (χ4n) is 3.71. The van der Waals surface area contributed by atoms with Crippen LogP contribution in [0, 0.1) is 5.92 Å². The fourth-order valence-corrected chi connectivity index (χ4v) is 4.65. The van der Waals surface area contributed by atoms with Crippen molar-refractivity contribution in [2.24, 2.45) is 5.92 Å². The summed E-state index contributed by atoms with van der Waals surface area (Å²) >= 11 is 1.41. The third kappa shape index (κ3) is 5.10. The number of carbonyl (C=O) groups excluding carboxylic acids is 1. The summed E-state index contributed by atoms with van der Waals surface area (Å²) in [6, 6.07) is 13.1. The van der Waals surface area contributed by atoms with Crippen molar-refractivity contribution in [3.8, 4) is 10.6 Å². The maximum Gasteiger partial charge on any atom is 0.263 e. The molecule has 3 aromatic rings. The average Bonchev–Trinajstić information content (AvgIpc) is 3.29. The van der Waals surface area contributed by atoms with E-state index in [9.17, 15) is 15.0 Å². The maximum absolute atomic E-state index is 12.9. The van der Waals surface area contributed by atoms with Crippen LogP contribution in [0.15, 0.2) is 48.7 Å². The molecule has 0 aliphatic carbocycles. The van der Waals surface area contributed by atoms with Crippen molar-refractivity contribution >= 4 is 28.9 Å². The molecule has 1 aromatic carbocycles. The number of anilines is 2. The second kappa shape index (κ2) is 9.55. The van der Waals surface area contributed by atoms with Gasteiger partial charge in [0.25, 0.3) is 5.91 Å². The summed E-state index contributed by atoms with van der Waals surface area (Å²) in [6.07, 6.45) is 3.02. The van der Waals surface area contributed by atoms with Gasteiger partial charge in [0.05, 0.1) is 21.6 Å². The van der Waals surface area contributed by atoms with Crippen LogP contribution in [0.25, 0.3) is 10.6 Å². The Morgan fingerprint density at radius 2 is 2.19 bits per heavy atom. The van der Waals surface area contributed by atoms with Crippen molar-refractivity contribution in [2.45, 2.75) is 25.9 Å². The summed E-state index contributed by atoms with van der Waals surface area (Å²) in [4.78, 5) is 25.2. The molecule has 162 valence electrons. The number of likely N-dealkylation sites (tertiary alicyclic amines) is 1. The second-order valence-corrected chi connectivity index (χ2v) is 8.88. The molecule has 1 aliphatic heterocycles. The molecule has 3 heterocycles.